The van der Waals surface area contributed by atoms with Crippen molar-refractivity contribution < 1.29 is 14.3 Å². The highest BCUT2D eigenvalue weighted by molar-refractivity contribution is 6.00. The average Bonchev–Trinajstić information content (AvgIpc) is 2.89. The Morgan fingerprint density at radius 1 is 1.00 bits per heavy atom. The number of nitrogens with zero attached hydrogens (tertiary/aromatic N) is 1. The van der Waals surface area contributed by atoms with Crippen molar-refractivity contribution in [2.75, 3.05) is 31.9 Å². The number of aromatic nitrogens is 1. The van der Waals surface area contributed by atoms with Gasteiger partial charge in [-0.3, -0.25) is 0 Å². The fourth-order valence-corrected chi connectivity index (χ4v) is 4.33. The molecule has 7 heteroatoms. The minimum absolute atomic E-state index is 0.136. The number of carbonyl (C=O) groups excluding carboxylic acids is 1. The number of nitrogens with one attached hydrogen (secondary N) is 3. The molecule has 0 saturated carbocycles. The number of benzene rings is 2. The molecule has 0 bridgehead atoms. The number of hydrogen-bond donors (Lipinski definition) is 3. The second-order valence-corrected chi connectivity index (χ2v) is 9.85. The van der Waals surface area contributed by atoms with Gasteiger partial charge in [-0.2, -0.15) is 0 Å². The number of carbonyl (C=O) groups is 1. The Hall–Kier alpha value is -4.26. The summed E-state index contributed by atoms with van der Waals surface area (Å²) < 4.78 is 11.1. The smallest absolute Gasteiger partial charge is 0.323 e. The van der Waals surface area contributed by atoms with Crippen LogP contribution in [-0.4, -0.2) is 32.3 Å². The fraction of sp³-hybridized carbons (Fsp3) is 0.267. The van der Waals surface area contributed by atoms with Crippen LogP contribution in [0.2, 0.25) is 0 Å². The first kappa shape index (κ1) is 25.8. The topological polar surface area (TPSA) is 84.5 Å². The predicted octanol–water partition coefficient (Wildman–Crippen LogP) is 6.54. The summed E-state index contributed by atoms with van der Waals surface area (Å²) in [5, 5.41) is 9.08. The molecular formula is C30H34N4O3. The number of urea groups is 1. The molecule has 1 aliphatic rings. The number of ether oxygens (including phenoxy) is 2. The van der Waals surface area contributed by atoms with Gasteiger partial charge in [0.2, 0.25) is 0 Å². The van der Waals surface area contributed by atoms with Crippen LogP contribution in [0, 0.1) is 0 Å². The van der Waals surface area contributed by atoms with Crippen LogP contribution in [-0.2, 0) is 5.41 Å². The van der Waals surface area contributed by atoms with Crippen LogP contribution in [0.4, 0.5) is 16.3 Å². The van der Waals surface area contributed by atoms with E-state index in [1.807, 2.05) is 55.6 Å². The summed E-state index contributed by atoms with van der Waals surface area (Å²) in [4.78, 5) is 17.5. The molecule has 1 heterocycles. The van der Waals surface area contributed by atoms with Crippen LogP contribution >= 0.6 is 0 Å². The Morgan fingerprint density at radius 3 is 2.43 bits per heavy atom. The van der Waals surface area contributed by atoms with Crippen LogP contribution in [0.3, 0.4) is 0 Å². The van der Waals surface area contributed by atoms with Crippen molar-refractivity contribution in [2.24, 2.45) is 0 Å². The quantitative estimate of drug-likeness (QED) is 0.359. The fourth-order valence-electron chi connectivity index (χ4n) is 4.33. The van der Waals surface area contributed by atoms with E-state index in [9.17, 15) is 4.79 Å². The zero-order valence-corrected chi connectivity index (χ0v) is 22.2. The first-order valence-corrected chi connectivity index (χ1v) is 12.2. The van der Waals surface area contributed by atoms with Gasteiger partial charge >= 0.3 is 6.03 Å². The maximum atomic E-state index is 13.2. The van der Waals surface area contributed by atoms with Crippen LogP contribution in [0.15, 0.2) is 60.8 Å². The third-order valence-corrected chi connectivity index (χ3v) is 6.31. The number of hydrogen-bond acceptors (Lipinski definition) is 5. The van der Waals surface area contributed by atoms with Gasteiger partial charge in [0.1, 0.15) is 5.82 Å². The SMILES string of the molecule is CNc1cc(C=C2CC=C(NC(=O)Nc3cc(C(C)(C)C)cc(OC)c3OC)c3ccccc32)ccn1. The number of pyridine rings is 1. The van der Waals surface area contributed by atoms with Gasteiger partial charge in [0, 0.05) is 24.5 Å². The molecule has 3 aromatic rings. The Kier molecular flexibility index (Phi) is 7.53. The van der Waals surface area contributed by atoms with Crippen molar-refractivity contribution in [2.45, 2.75) is 32.6 Å². The van der Waals surface area contributed by atoms with Gasteiger partial charge in [0.05, 0.1) is 19.9 Å². The third-order valence-electron chi connectivity index (χ3n) is 6.31. The third kappa shape index (κ3) is 5.77. The Morgan fingerprint density at radius 2 is 1.76 bits per heavy atom. The maximum absolute atomic E-state index is 13.2. The number of methoxy groups -OCH3 is 2. The molecule has 1 aliphatic carbocycles. The lowest BCUT2D eigenvalue weighted by molar-refractivity contribution is 0.255. The van der Waals surface area contributed by atoms with Crippen molar-refractivity contribution in [3.05, 3.63) is 83.1 Å². The van der Waals surface area contributed by atoms with Crippen molar-refractivity contribution in [3.8, 4) is 11.5 Å². The molecule has 0 aliphatic heterocycles. The molecule has 0 fully saturated rings. The van der Waals surface area contributed by atoms with E-state index in [0.29, 0.717) is 23.6 Å². The Bertz CT molecular complexity index is 1370. The largest absolute Gasteiger partial charge is 0.493 e. The summed E-state index contributed by atoms with van der Waals surface area (Å²) in [7, 11) is 5.01. The van der Waals surface area contributed by atoms with E-state index < -0.39 is 0 Å². The molecule has 2 amide bonds. The number of anilines is 2. The predicted molar refractivity (Wildman–Crippen MR) is 151 cm³/mol. The molecule has 1 aromatic heterocycles. The van der Waals surface area contributed by atoms with Gasteiger partial charge in [-0.25, -0.2) is 9.78 Å². The van der Waals surface area contributed by atoms with Crippen LogP contribution in [0.5, 0.6) is 11.5 Å². The molecule has 0 atom stereocenters. The standard InChI is InChI=1S/C30H34N4O3/c1-30(2,3)21-17-25(28(37-6)26(18-21)36-5)34-29(35)33-24-12-11-20(22-9-7-8-10-23(22)24)15-19-13-14-32-27(16-19)31-4/h7-10,12-18H,11H2,1-6H3,(H,31,32)(H2,33,34,35). The summed E-state index contributed by atoms with van der Waals surface area (Å²) in [6.07, 6.45) is 6.67. The van der Waals surface area contributed by atoms with Crippen LogP contribution in [0.1, 0.15) is 49.4 Å². The normalized spacial score (nSPS) is 13.9. The Balaban J connectivity index is 1.60. The first-order chi connectivity index (χ1) is 17.7. The molecule has 2 aromatic carbocycles. The molecule has 37 heavy (non-hydrogen) atoms. The molecule has 0 radical (unpaired) electrons. The zero-order chi connectivity index (χ0) is 26.6. The minimum atomic E-state index is -0.354. The van der Waals surface area contributed by atoms with E-state index in [1.165, 1.54) is 5.57 Å². The number of amides is 2. The molecule has 3 N–H and O–H groups in total. The van der Waals surface area contributed by atoms with E-state index in [4.69, 9.17) is 9.47 Å². The molecule has 4 rings (SSSR count). The van der Waals surface area contributed by atoms with Gasteiger partial charge in [-0.1, -0.05) is 57.2 Å². The summed E-state index contributed by atoms with van der Waals surface area (Å²) in [6.45, 7) is 6.33. The monoisotopic (exact) mass is 498 g/mol. The van der Waals surface area contributed by atoms with Crippen molar-refractivity contribution in [1.29, 1.82) is 0 Å². The van der Waals surface area contributed by atoms with Crippen molar-refractivity contribution >= 4 is 34.9 Å². The van der Waals surface area contributed by atoms with Gasteiger partial charge in [-0.05, 0) is 58.4 Å². The van der Waals surface area contributed by atoms with E-state index in [1.54, 1.807) is 20.4 Å². The second kappa shape index (κ2) is 10.8. The van der Waals surface area contributed by atoms with E-state index in [0.717, 1.165) is 33.8 Å². The molecule has 0 saturated heterocycles. The molecule has 0 unspecified atom stereocenters. The molecule has 7 nitrogen and oxygen atoms in total. The van der Waals surface area contributed by atoms with Crippen molar-refractivity contribution in [3.63, 3.8) is 0 Å². The van der Waals surface area contributed by atoms with Crippen molar-refractivity contribution in [1.82, 2.24) is 10.3 Å². The highest BCUT2D eigenvalue weighted by atomic mass is 16.5. The second-order valence-electron chi connectivity index (χ2n) is 9.85. The first-order valence-electron chi connectivity index (χ1n) is 12.2. The summed E-state index contributed by atoms with van der Waals surface area (Å²) in [5.41, 5.74) is 6.47. The summed E-state index contributed by atoms with van der Waals surface area (Å²) >= 11 is 0. The Labute approximate surface area is 218 Å². The minimum Gasteiger partial charge on any atom is -0.493 e. The van der Waals surface area contributed by atoms with E-state index in [2.05, 4.69) is 53.8 Å². The zero-order valence-electron chi connectivity index (χ0n) is 22.2. The number of fused-ring (bicyclic) bond motifs is 1. The van der Waals surface area contributed by atoms with Gasteiger partial charge in [0.25, 0.3) is 0 Å². The highest BCUT2D eigenvalue weighted by Gasteiger charge is 2.22. The lowest BCUT2D eigenvalue weighted by Crippen LogP contribution is -2.29. The highest BCUT2D eigenvalue weighted by Crippen LogP contribution is 2.40. The molecular weight excluding hydrogens is 464 g/mol. The van der Waals surface area contributed by atoms with Gasteiger partial charge in [0.15, 0.2) is 11.5 Å². The van der Waals surface area contributed by atoms with E-state index >= 15 is 0 Å². The summed E-state index contributed by atoms with van der Waals surface area (Å²) in [5.74, 6) is 1.86. The lowest BCUT2D eigenvalue weighted by Gasteiger charge is -2.24. The van der Waals surface area contributed by atoms with Crippen LogP contribution < -0.4 is 25.4 Å². The van der Waals surface area contributed by atoms with Gasteiger partial charge in [-0.15, -0.1) is 0 Å². The number of allylic oxidation sites excluding steroid dienone is 2. The maximum Gasteiger partial charge on any atom is 0.323 e. The lowest BCUT2D eigenvalue weighted by atomic mass is 9.86. The van der Waals surface area contributed by atoms with Crippen LogP contribution in [0.25, 0.3) is 17.3 Å². The van der Waals surface area contributed by atoms with Gasteiger partial charge < -0.3 is 25.4 Å². The number of rotatable bonds is 6. The molecule has 0 spiro atoms. The molecule has 192 valence electrons. The van der Waals surface area contributed by atoms with E-state index in [-0.39, 0.29) is 11.4 Å². The average molecular weight is 499 g/mol. The summed E-state index contributed by atoms with van der Waals surface area (Å²) in [6, 6.07) is 15.6.